The zero-order valence-electron chi connectivity index (χ0n) is 14.0. The van der Waals surface area contributed by atoms with Crippen LogP contribution in [0.5, 0.6) is 5.75 Å². The second-order valence-corrected chi connectivity index (χ2v) is 8.03. The molecule has 0 bridgehead atoms. The predicted molar refractivity (Wildman–Crippen MR) is 92.9 cm³/mol. The van der Waals surface area contributed by atoms with E-state index >= 15 is 0 Å². The predicted octanol–water partition coefficient (Wildman–Crippen LogP) is 2.37. The SMILES string of the molecule is CCCCC(=O)N1CCN(S(=O)(=O)c2ccc(OC)c(Cl)c2)CC1. The first-order valence-electron chi connectivity index (χ1n) is 8.01. The molecule has 1 amide bonds. The number of hydrogen-bond acceptors (Lipinski definition) is 4. The van der Waals surface area contributed by atoms with E-state index in [0.717, 1.165) is 12.8 Å². The summed E-state index contributed by atoms with van der Waals surface area (Å²) in [4.78, 5) is 13.9. The van der Waals surface area contributed by atoms with E-state index in [1.54, 1.807) is 11.0 Å². The van der Waals surface area contributed by atoms with E-state index in [-0.39, 0.29) is 15.8 Å². The average Bonchev–Trinajstić information content (AvgIpc) is 2.59. The van der Waals surface area contributed by atoms with Crippen LogP contribution in [0, 0.1) is 0 Å². The maximum absolute atomic E-state index is 12.7. The number of benzene rings is 1. The Morgan fingerprint density at radius 3 is 2.46 bits per heavy atom. The fourth-order valence-electron chi connectivity index (χ4n) is 2.62. The molecule has 8 heteroatoms. The van der Waals surface area contributed by atoms with Crippen LogP contribution >= 0.6 is 11.6 Å². The molecule has 0 saturated carbocycles. The van der Waals surface area contributed by atoms with Crippen LogP contribution in [0.1, 0.15) is 26.2 Å². The normalized spacial score (nSPS) is 16.2. The van der Waals surface area contributed by atoms with Gasteiger partial charge in [-0.1, -0.05) is 24.9 Å². The van der Waals surface area contributed by atoms with E-state index in [0.29, 0.717) is 38.3 Å². The van der Waals surface area contributed by atoms with Crippen LogP contribution in [0.2, 0.25) is 5.02 Å². The zero-order chi connectivity index (χ0) is 17.7. The summed E-state index contributed by atoms with van der Waals surface area (Å²) < 4.78 is 31.9. The van der Waals surface area contributed by atoms with Gasteiger partial charge in [0.05, 0.1) is 17.0 Å². The smallest absolute Gasteiger partial charge is 0.243 e. The Morgan fingerprint density at radius 2 is 1.92 bits per heavy atom. The number of nitrogens with zero attached hydrogens (tertiary/aromatic N) is 2. The van der Waals surface area contributed by atoms with Crippen LogP contribution in [0.4, 0.5) is 0 Å². The topological polar surface area (TPSA) is 66.9 Å². The molecule has 0 radical (unpaired) electrons. The lowest BCUT2D eigenvalue weighted by atomic mass is 10.2. The zero-order valence-corrected chi connectivity index (χ0v) is 15.6. The summed E-state index contributed by atoms with van der Waals surface area (Å²) in [5, 5.41) is 0.256. The molecular formula is C16H23ClN2O4S. The molecule has 0 aromatic heterocycles. The Hall–Kier alpha value is -1.31. The van der Waals surface area contributed by atoms with Gasteiger partial charge in [0.25, 0.3) is 0 Å². The molecule has 0 atom stereocenters. The summed E-state index contributed by atoms with van der Waals surface area (Å²) in [6.07, 6.45) is 2.36. The number of unbranched alkanes of at least 4 members (excludes halogenated alkanes) is 1. The second-order valence-electron chi connectivity index (χ2n) is 5.68. The molecule has 1 fully saturated rings. The van der Waals surface area contributed by atoms with E-state index in [2.05, 4.69) is 0 Å². The number of sulfonamides is 1. The molecule has 0 aliphatic carbocycles. The fourth-order valence-corrected chi connectivity index (χ4v) is 4.39. The Balaban J connectivity index is 2.04. The molecule has 1 aliphatic heterocycles. The van der Waals surface area contributed by atoms with Gasteiger partial charge < -0.3 is 9.64 Å². The summed E-state index contributed by atoms with van der Waals surface area (Å²) in [6, 6.07) is 4.42. The quantitative estimate of drug-likeness (QED) is 0.766. The van der Waals surface area contributed by atoms with Gasteiger partial charge in [0.15, 0.2) is 0 Å². The van der Waals surface area contributed by atoms with E-state index in [4.69, 9.17) is 16.3 Å². The van der Waals surface area contributed by atoms with Crippen molar-refractivity contribution in [2.24, 2.45) is 0 Å². The van der Waals surface area contributed by atoms with Crippen LogP contribution in [0.15, 0.2) is 23.1 Å². The number of hydrogen-bond donors (Lipinski definition) is 0. The Kier molecular flexibility index (Phi) is 6.48. The van der Waals surface area contributed by atoms with Gasteiger partial charge in [-0.15, -0.1) is 0 Å². The van der Waals surface area contributed by atoms with Crippen molar-refractivity contribution in [2.45, 2.75) is 31.1 Å². The molecule has 24 heavy (non-hydrogen) atoms. The van der Waals surface area contributed by atoms with Gasteiger partial charge in [0.2, 0.25) is 15.9 Å². The largest absolute Gasteiger partial charge is 0.495 e. The van der Waals surface area contributed by atoms with Gasteiger partial charge in [-0.2, -0.15) is 4.31 Å². The van der Waals surface area contributed by atoms with E-state index in [1.165, 1.54) is 23.5 Å². The highest BCUT2D eigenvalue weighted by Crippen LogP contribution is 2.28. The lowest BCUT2D eigenvalue weighted by molar-refractivity contribution is -0.132. The van der Waals surface area contributed by atoms with Gasteiger partial charge in [-0.05, 0) is 24.6 Å². The maximum Gasteiger partial charge on any atom is 0.243 e. The average molecular weight is 375 g/mol. The molecule has 1 aromatic rings. The number of amides is 1. The van der Waals surface area contributed by atoms with Crippen LogP contribution in [-0.4, -0.2) is 56.8 Å². The molecule has 1 aromatic carbocycles. The van der Waals surface area contributed by atoms with Gasteiger partial charge in [-0.3, -0.25) is 4.79 Å². The molecule has 1 saturated heterocycles. The van der Waals surface area contributed by atoms with Gasteiger partial charge in [-0.25, -0.2) is 8.42 Å². The molecule has 134 valence electrons. The van der Waals surface area contributed by atoms with Crippen molar-refractivity contribution >= 4 is 27.5 Å². The Labute approximate surface area is 148 Å². The lowest BCUT2D eigenvalue weighted by Gasteiger charge is -2.34. The minimum absolute atomic E-state index is 0.0985. The number of carbonyl (C=O) groups excluding carboxylic acids is 1. The highest BCUT2D eigenvalue weighted by atomic mass is 35.5. The third kappa shape index (κ3) is 4.20. The standard InChI is InChI=1S/C16H23ClN2O4S/c1-3-4-5-16(20)18-8-10-19(11-9-18)24(21,22)13-6-7-15(23-2)14(17)12-13/h6-7,12H,3-5,8-11H2,1-2H3. The first-order valence-corrected chi connectivity index (χ1v) is 9.83. The molecule has 1 heterocycles. The van der Waals surface area contributed by atoms with Gasteiger partial charge in [0, 0.05) is 32.6 Å². The maximum atomic E-state index is 12.7. The number of piperazine rings is 1. The molecule has 0 spiro atoms. The third-order valence-corrected chi connectivity index (χ3v) is 6.29. The summed E-state index contributed by atoms with van der Waals surface area (Å²) in [5.41, 5.74) is 0. The summed E-state index contributed by atoms with van der Waals surface area (Å²) in [7, 11) is -2.14. The highest BCUT2D eigenvalue weighted by molar-refractivity contribution is 7.89. The van der Waals surface area contributed by atoms with Crippen molar-refractivity contribution in [2.75, 3.05) is 33.3 Å². The van der Waals surface area contributed by atoms with Crippen LogP contribution in [0.25, 0.3) is 0 Å². The van der Waals surface area contributed by atoms with Crippen molar-refractivity contribution < 1.29 is 17.9 Å². The number of ether oxygens (including phenoxy) is 1. The molecule has 1 aliphatic rings. The molecule has 2 rings (SSSR count). The third-order valence-electron chi connectivity index (χ3n) is 4.10. The van der Waals surface area contributed by atoms with E-state index in [1.807, 2.05) is 6.92 Å². The number of halogens is 1. The minimum atomic E-state index is -3.62. The first kappa shape index (κ1) is 19.0. The number of carbonyl (C=O) groups is 1. The number of rotatable bonds is 6. The van der Waals surface area contributed by atoms with Crippen molar-refractivity contribution in [3.8, 4) is 5.75 Å². The van der Waals surface area contributed by atoms with Crippen LogP contribution in [-0.2, 0) is 14.8 Å². The van der Waals surface area contributed by atoms with Crippen molar-refractivity contribution in [3.63, 3.8) is 0 Å². The van der Waals surface area contributed by atoms with Crippen LogP contribution in [0.3, 0.4) is 0 Å². The molecule has 6 nitrogen and oxygen atoms in total. The van der Waals surface area contributed by atoms with E-state index in [9.17, 15) is 13.2 Å². The first-order chi connectivity index (χ1) is 11.4. The highest BCUT2D eigenvalue weighted by Gasteiger charge is 2.30. The summed E-state index contributed by atoms with van der Waals surface area (Å²) >= 11 is 6.03. The minimum Gasteiger partial charge on any atom is -0.495 e. The van der Waals surface area contributed by atoms with Crippen LogP contribution < -0.4 is 4.74 Å². The Bertz CT molecular complexity index is 685. The van der Waals surface area contributed by atoms with Gasteiger partial charge >= 0.3 is 0 Å². The molecule has 0 N–H and O–H groups in total. The summed E-state index contributed by atoms with van der Waals surface area (Å²) in [5.74, 6) is 0.531. The van der Waals surface area contributed by atoms with E-state index < -0.39 is 10.0 Å². The number of methoxy groups -OCH3 is 1. The van der Waals surface area contributed by atoms with Crippen molar-refractivity contribution in [1.29, 1.82) is 0 Å². The Morgan fingerprint density at radius 1 is 1.25 bits per heavy atom. The molecular weight excluding hydrogens is 352 g/mol. The van der Waals surface area contributed by atoms with Crippen molar-refractivity contribution in [1.82, 2.24) is 9.21 Å². The van der Waals surface area contributed by atoms with Crippen molar-refractivity contribution in [3.05, 3.63) is 23.2 Å². The molecule has 0 unspecified atom stereocenters. The summed E-state index contributed by atoms with van der Waals surface area (Å²) in [6.45, 7) is 3.47. The van der Waals surface area contributed by atoms with Gasteiger partial charge in [0.1, 0.15) is 5.75 Å². The lowest BCUT2D eigenvalue weighted by Crippen LogP contribution is -2.50. The second kappa shape index (κ2) is 8.18. The monoisotopic (exact) mass is 374 g/mol. The fraction of sp³-hybridized carbons (Fsp3) is 0.562.